The molecule has 19 heavy (non-hydrogen) atoms. The molecule has 0 atom stereocenters. The van der Waals surface area contributed by atoms with Gasteiger partial charge in [0.1, 0.15) is 24.0 Å². The van der Waals surface area contributed by atoms with E-state index in [9.17, 15) is 8.78 Å². The third-order valence-electron chi connectivity index (χ3n) is 2.77. The fourth-order valence-electron chi connectivity index (χ4n) is 1.80. The summed E-state index contributed by atoms with van der Waals surface area (Å²) in [6.45, 7) is 0.509. The summed E-state index contributed by atoms with van der Waals surface area (Å²) < 4.78 is 32.5. The predicted octanol–water partition coefficient (Wildman–Crippen LogP) is 3.26. The van der Waals surface area contributed by atoms with E-state index in [0.29, 0.717) is 12.3 Å². The van der Waals surface area contributed by atoms with Crippen LogP contribution in [-0.4, -0.2) is 7.05 Å². The minimum absolute atomic E-state index is 0.0539. The molecule has 0 aliphatic heterocycles. The summed E-state index contributed by atoms with van der Waals surface area (Å²) >= 11 is 0. The molecular formula is C15H15F2NO. The van der Waals surface area contributed by atoms with Crippen molar-refractivity contribution in [1.82, 2.24) is 5.32 Å². The molecule has 0 aliphatic rings. The fourth-order valence-corrected chi connectivity index (χ4v) is 1.80. The molecule has 0 aromatic heterocycles. The number of benzene rings is 2. The molecule has 0 bridgehead atoms. The van der Waals surface area contributed by atoms with Gasteiger partial charge in [-0.15, -0.1) is 0 Å². The van der Waals surface area contributed by atoms with Gasteiger partial charge in [0, 0.05) is 12.1 Å². The largest absolute Gasteiger partial charge is 0.488 e. The molecule has 0 unspecified atom stereocenters. The van der Waals surface area contributed by atoms with E-state index in [-0.39, 0.29) is 12.2 Å². The number of halogens is 2. The van der Waals surface area contributed by atoms with Gasteiger partial charge in [-0.1, -0.05) is 24.3 Å². The van der Waals surface area contributed by atoms with Gasteiger partial charge in [0.15, 0.2) is 0 Å². The SMILES string of the molecule is CNCc1ccccc1OCc1c(F)cccc1F. The molecule has 2 aromatic rings. The van der Waals surface area contributed by atoms with Crippen LogP contribution in [0.5, 0.6) is 5.75 Å². The van der Waals surface area contributed by atoms with Gasteiger partial charge in [-0.2, -0.15) is 0 Å². The van der Waals surface area contributed by atoms with E-state index in [1.165, 1.54) is 18.2 Å². The summed E-state index contributed by atoms with van der Waals surface area (Å²) in [5.41, 5.74) is 0.892. The molecule has 100 valence electrons. The van der Waals surface area contributed by atoms with Gasteiger partial charge in [-0.3, -0.25) is 0 Å². The minimum atomic E-state index is -0.592. The molecule has 2 aromatic carbocycles. The van der Waals surface area contributed by atoms with Gasteiger partial charge in [-0.05, 0) is 25.2 Å². The Morgan fingerprint density at radius 2 is 1.68 bits per heavy atom. The Morgan fingerprint density at radius 1 is 1.00 bits per heavy atom. The van der Waals surface area contributed by atoms with Gasteiger partial charge < -0.3 is 10.1 Å². The van der Waals surface area contributed by atoms with Crippen molar-refractivity contribution in [2.45, 2.75) is 13.2 Å². The first-order valence-corrected chi connectivity index (χ1v) is 6.00. The number of hydrogen-bond donors (Lipinski definition) is 1. The predicted molar refractivity (Wildman–Crippen MR) is 69.9 cm³/mol. The second-order valence-corrected chi connectivity index (χ2v) is 4.13. The number of para-hydroxylation sites is 1. The molecule has 2 nitrogen and oxygen atoms in total. The third-order valence-corrected chi connectivity index (χ3v) is 2.77. The van der Waals surface area contributed by atoms with Crippen molar-refractivity contribution < 1.29 is 13.5 Å². The van der Waals surface area contributed by atoms with Crippen molar-refractivity contribution in [3.8, 4) is 5.75 Å². The van der Waals surface area contributed by atoms with E-state index < -0.39 is 11.6 Å². The molecule has 0 amide bonds. The van der Waals surface area contributed by atoms with E-state index >= 15 is 0 Å². The van der Waals surface area contributed by atoms with E-state index in [2.05, 4.69) is 5.32 Å². The Labute approximate surface area is 111 Å². The molecule has 0 fully saturated rings. The van der Waals surface area contributed by atoms with E-state index in [1.54, 1.807) is 6.07 Å². The quantitative estimate of drug-likeness (QED) is 0.894. The fraction of sp³-hybridized carbons (Fsp3) is 0.200. The molecule has 0 saturated heterocycles. The molecule has 2 rings (SSSR count). The first-order chi connectivity index (χ1) is 9.22. The van der Waals surface area contributed by atoms with Crippen molar-refractivity contribution >= 4 is 0 Å². The Balaban J connectivity index is 2.15. The Hall–Kier alpha value is -1.94. The van der Waals surface area contributed by atoms with Crippen LogP contribution in [0.3, 0.4) is 0 Å². The summed E-state index contributed by atoms with van der Waals surface area (Å²) in [6, 6.07) is 11.2. The van der Waals surface area contributed by atoms with E-state index in [1.807, 2.05) is 25.2 Å². The van der Waals surface area contributed by atoms with Crippen LogP contribution in [0.2, 0.25) is 0 Å². The van der Waals surface area contributed by atoms with E-state index in [4.69, 9.17) is 4.74 Å². The van der Waals surface area contributed by atoms with Crippen molar-refractivity contribution in [3.05, 3.63) is 65.2 Å². The highest BCUT2D eigenvalue weighted by atomic mass is 19.1. The summed E-state index contributed by atoms with van der Waals surface area (Å²) in [5.74, 6) is -0.559. The first-order valence-electron chi connectivity index (χ1n) is 6.00. The van der Waals surface area contributed by atoms with Crippen LogP contribution in [0.4, 0.5) is 8.78 Å². The highest BCUT2D eigenvalue weighted by molar-refractivity contribution is 5.33. The van der Waals surface area contributed by atoms with Crippen LogP contribution in [0.15, 0.2) is 42.5 Å². The monoisotopic (exact) mass is 263 g/mol. The maximum atomic E-state index is 13.5. The van der Waals surface area contributed by atoms with Gasteiger partial charge in [0.05, 0.1) is 5.56 Å². The summed E-state index contributed by atoms with van der Waals surface area (Å²) in [7, 11) is 1.83. The molecule has 1 N–H and O–H groups in total. The average molecular weight is 263 g/mol. The topological polar surface area (TPSA) is 21.3 Å². The van der Waals surface area contributed by atoms with Gasteiger partial charge in [0.25, 0.3) is 0 Å². The molecule has 0 heterocycles. The average Bonchev–Trinajstić information content (AvgIpc) is 2.40. The molecule has 0 spiro atoms. The molecule has 0 saturated carbocycles. The van der Waals surface area contributed by atoms with Crippen molar-refractivity contribution in [2.75, 3.05) is 7.05 Å². The summed E-state index contributed by atoms with van der Waals surface area (Å²) in [6.07, 6.45) is 0. The lowest BCUT2D eigenvalue weighted by Crippen LogP contribution is -2.08. The molecular weight excluding hydrogens is 248 g/mol. The maximum absolute atomic E-state index is 13.5. The Morgan fingerprint density at radius 3 is 2.37 bits per heavy atom. The van der Waals surface area contributed by atoms with Crippen LogP contribution in [0, 0.1) is 11.6 Å². The van der Waals surface area contributed by atoms with Crippen LogP contribution >= 0.6 is 0 Å². The number of hydrogen-bond acceptors (Lipinski definition) is 2. The number of rotatable bonds is 5. The molecule has 0 aliphatic carbocycles. The van der Waals surface area contributed by atoms with Crippen molar-refractivity contribution in [2.24, 2.45) is 0 Å². The number of nitrogens with one attached hydrogen (secondary N) is 1. The highest BCUT2D eigenvalue weighted by Gasteiger charge is 2.10. The van der Waals surface area contributed by atoms with Gasteiger partial charge in [-0.25, -0.2) is 8.78 Å². The lowest BCUT2D eigenvalue weighted by molar-refractivity contribution is 0.289. The lowest BCUT2D eigenvalue weighted by Gasteiger charge is -2.12. The molecule has 4 heteroatoms. The van der Waals surface area contributed by atoms with E-state index in [0.717, 1.165) is 5.56 Å². The standard InChI is InChI=1S/C15H15F2NO/c1-18-9-11-5-2-3-8-15(11)19-10-12-13(16)6-4-7-14(12)17/h2-8,18H,9-10H2,1H3. The normalized spacial score (nSPS) is 10.5. The second kappa shape index (κ2) is 6.29. The summed E-state index contributed by atoms with van der Waals surface area (Å²) in [5, 5.41) is 3.02. The van der Waals surface area contributed by atoms with Gasteiger partial charge in [0.2, 0.25) is 0 Å². The van der Waals surface area contributed by atoms with Crippen LogP contribution < -0.4 is 10.1 Å². The smallest absolute Gasteiger partial charge is 0.132 e. The van der Waals surface area contributed by atoms with Crippen LogP contribution in [0.1, 0.15) is 11.1 Å². The Kier molecular flexibility index (Phi) is 4.47. The van der Waals surface area contributed by atoms with Gasteiger partial charge >= 0.3 is 0 Å². The number of ether oxygens (including phenoxy) is 1. The Bertz CT molecular complexity index is 537. The zero-order valence-electron chi connectivity index (χ0n) is 10.6. The summed E-state index contributed by atoms with van der Waals surface area (Å²) in [4.78, 5) is 0. The molecule has 0 radical (unpaired) electrons. The van der Waals surface area contributed by atoms with Crippen molar-refractivity contribution in [3.63, 3.8) is 0 Å². The second-order valence-electron chi connectivity index (χ2n) is 4.13. The third kappa shape index (κ3) is 3.29. The first kappa shape index (κ1) is 13.5. The lowest BCUT2D eigenvalue weighted by atomic mass is 10.2. The van der Waals surface area contributed by atoms with Crippen LogP contribution in [-0.2, 0) is 13.2 Å². The zero-order chi connectivity index (χ0) is 13.7. The minimum Gasteiger partial charge on any atom is -0.488 e. The maximum Gasteiger partial charge on any atom is 0.132 e. The zero-order valence-corrected chi connectivity index (χ0v) is 10.6. The van der Waals surface area contributed by atoms with Crippen molar-refractivity contribution in [1.29, 1.82) is 0 Å². The highest BCUT2D eigenvalue weighted by Crippen LogP contribution is 2.21. The van der Waals surface area contributed by atoms with Crippen LogP contribution in [0.25, 0.3) is 0 Å².